The second-order valence-corrected chi connectivity index (χ2v) is 4.04. The van der Waals surface area contributed by atoms with E-state index in [0.717, 1.165) is 17.7 Å². The molecule has 0 saturated heterocycles. The summed E-state index contributed by atoms with van der Waals surface area (Å²) < 4.78 is 13.9. The minimum Gasteiger partial charge on any atom is -0.309 e. The summed E-state index contributed by atoms with van der Waals surface area (Å²) in [6.45, 7) is 2.67. The van der Waals surface area contributed by atoms with E-state index in [4.69, 9.17) is 11.6 Å². The highest BCUT2D eigenvalue weighted by molar-refractivity contribution is 6.30. The molecule has 2 rings (SSSR count). The van der Waals surface area contributed by atoms with E-state index < -0.39 is 5.67 Å². The number of nitrogens with one attached hydrogen (secondary N) is 1. The van der Waals surface area contributed by atoms with Crippen LogP contribution in [0.3, 0.4) is 0 Å². The first-order chi connectivity index (χ1) is 6.09. The summed E-state index contributed by atoms with van der Waals surface area (Å²) in [6.07, 6.45) is 0. The van der Waals surface area contributed by atoms with Crippen LogP contribution in [0.5, 0.6) is 0 Å². The Morgan fingerprint density at radius 2 is 2.31 bits per heavy atom. The van der Waals surface area contributed by atoms with Crippen LogP contribution in [-0.4, -0.2) is 6.54 Å². The summed E-state index contributed by atoms with van der Waals surface area (Å²) in [7, 11) is 0. The molecule has 0 fully saturated rings. The van der Waals surface area contributed by atoms with Gasteiger partial charge < -0.3 is 5.32 Å². The van der Waals surface area contributed by atoms with Crippen molar-refractivity contribution >= 4 is 11.6 Å². The van der Waals surface area contributed by atoms with Crippen molar-refractivity contribution in [2.24, 2.45) is 0 Å². The maximum absolute atomic E-state index is 13.9. The van der Waals surface area contributed by atoms with Crippen molar-refractivity contribution in [2.45, 2.75) is 19.1 Å². The van der Waals surface area contributed by atoms with Crippen molar-refractivity contribution < 1.29 is 4.39 Å². The Kier molecular flexibility index (Phi) is 2.05. The van der Waals surface area contributed by atoms with E-state index >= 15 is 0 Å². The number of halogens is 2. The zero-order chi connectivity index (χ0) is 9.47. The normalized spacial score (nSPS) is 27.0. The molecule has 1 aliphatic heterocycles. The molecule has 1 nitrogen and oxygen atoms in total. The average Bonchev–Trinajstić information content (AvgIpc) is 2.06. The summed E-state index contributed by atoms with van der Waals surface area (Å²) in [6, 6.07) is 5.39. The van der Waals surface area contributed by atoms with E-state index in [0.29, 0.717) is 11.6 Å². The molecule has 0 bridgehead atoms. The van der Waals surface area contributed by atoms with Crippen LogP contribution >= 0.6 is 11.6 Å². The van der Waals surface area contributed by atoms with Crippen LogP contribution in [0.1, 0.15) is 18.1 Å². The minimum atomic E-state index is -1.29. The predicted octanol–water partition coefficient (Wildman–Crippen LogP) is 2.63. The van der Waals surface area contributed by atoms with Crippen LogP contribution in [0.25, 0.3) is 0 Å². The molecule has 1 aromatic carbocycles. The highest BCUT2D eigenvalue weighted by Crippen LogP contribution is 2.32. The van der Waals surface area contributed by atoms with Gasteiger partial charge in [-0.15, -0.1) is 0 Å². The maximum atomic E-state index is 13.9. The Morgan fingerprint density at radius 3 is 3.08 bits per heavy atom. The molecular weight excluding hydrogens is 189 g/mol. The Hall–Kier alpha value is -0.600. The van der Waals surface area contributed by atoms with E-state index in [-0.39, 0.29) is 0 Å². The number of rotatable bonds is 0. The lowest BCUT2D eigenvalue weighted by Crippen LogP contribution is -2.37. The van der Waals surface area contributed by atoms with E-state index in [9.17, 15) is 4.39 Å². The second kappa shape index (κ2) is 2.96. The molecule has 0 radical (unpaired) electrons. The van der Waals surface area contributed by atoms with E-state index in [1.165, 1.54) is 0 Å². The molecule has 0 amide bonds. The average molecular weight is 200 g/mol. The highest BCUT2D eigenvalue weighted by atomic mass is 35.5. The van der Waals surface area contributed by atoms with E-state index in [2.05, 4.69) is 5.32 Å². The van der Waals surface area contributed by atoms with Crippen molar-refractivity contribution in [1.29, 1.82) is 0 Å². The zero-order valence-electron chi connectivity index (χ0n) is 7.40. The van der Waals surface area contributed by atoms with Gasteiger partial charge in [0.05, 0.1) is 0 Å². The number of benzene rings is 1. The van der Waals surface area contributed by atoms with Crippen molar-refractivity contribution in [3.05, 3.63) is 34.3 Å². The molecule has 1 N–H and O–H groups in total. The summed E-state index contributed by atoms with van der Waals surface area (Å²) >= 11 is 5.82. The van der Waals surface area contributed by atoms with Crippen molar-refractivity contribution in [1.82, 2.24) is 5.32 Å². The number of fused-ring (bicyclic) bond motifs is 1. The summed E-state index contributed by atoms with van der Waals surface area (Å²) in [5, 5.41) is 3.63. The van der Waals surface area contributed by atoms with Gasteiger partial charge in [0, 0.05) is 18.1 Å². The molecule has 1 aliphatic rings. The van der Waals surface area contributed by atoms with Gasteiger partial charge in [0.25, 0.3) is 0 Å². The number of hydrogen-bond acceptors (Lipinski definition) is 1. The van der Waals surface area contributed by atoms with Gasteiger partial charge in [-0.2, -0.15) is 0 Å². The molecule has 1 unspecified atom stereocenters. The van der Waals surface area contributed by atoms with Gasteiger partial charge >= 0.3 is 0 Å². The van der Waals surface area contributed by atoms with Gasteiger partial charge in [-0.05, 0) is 30.2 Å². The lowest BCUT2D eigenvalue weighted by atomic mass is 9.90. The molecule has 70 valence electrons. The molecule has 1 aromatic rings. The standard InChI is InChI=1S/C10H11ClFN/c1-10(12)6-13-5-7-2-3-8(11)4-9(7)10/h2-4,13H,5-6H2,1H3. The van der Waals surface area contributed by atoms with Gasteiger partial charge in [0.15, 0.2) is 0 Å². The van der Waals surface area contributed by atoms with Crippen LogP contribution in [0.4, 0.5) is 4.39 Å². The molecule has 13 heavy (non-hydrogen) atoms. The van der Waals surface area contributed by atoms with Gasteiger partial charge in [-0.25, -0.2) is 4.39 Å². The third-order valence-corrected chi connectivity index (χ3v) is 2.64. The summed E-state index contributed by atoms with van der Waals surface area (Å²) in [5.41, 5.74) is 0.428. The lowest BCUT2D eigenvalue weighted by Gasteiger charge is -2.29. The SMILES string of the molecule is CC1(F)CNCc2ccc(Cl)cc21. The molecule has 3 heteroatoms. The Balaban J connectivity index is 2.55. The van der Waals surface area contributed by atoms with Gasteiger partial charge in [-0.1, -0.05) is 17.7 Å². The van der Waals surface area contributed by atoms with Gasteiger partial charge in [0.1, 0.15) is 5.67 Å². The number of hydrogen-bond donors (Lipinski definition) is 1. The Morgan fingerprint density at radius 1 is 1.54 bits per heavy atom. The molecule has 0 saturated carbocycles. The van der Waals surface area contributed by atoms with Crippen LogP contribution in [-0.2, 0) is 12.2 Å². The minimum absolute atomic E-state index is 0.361. The smallest absolute Gasteiger partial charge is 0.145 e. The third kappa shape index (κ3) is 1.56. The predicted molar refractivity (Wildman–Crippen MR) is 51.6 cm³/mol. The van der Waals surface area contributed by atoms with Gasteiger partial charge in [-0.3, -0.25) is 0 Å². The molecule has 1 heterocycles. The fourth-order valence-electron chi connectivity index (χ4n) is 1.72. The molecule has 0 aromatic heterocycles. The zero-order valence-corrected chi connectivity index (χ0v) is 8.16. The van der Waals surface area contributed by atoms with E-state index in [1.54, 1.807) is 19.1 Å². The van der Waals surface area contributed by atoms with Gasteiger partial charge in [0.2, 0.25) is 0 Å². The van der Waals surface area contributed by atoms with Crippen molar-refractivity contribution in [3.63, 3.8) is 0 Å². The fourth-order valence-corrected chi connectivity index (χ4v) is 1.89. The Labute approximate surface area is 81.9 Å². The maximum Gasteiger partial charge on any atom is 0.145 e. The van der Waals surface area contributed by atoms with E-state index in [1.807, 2.05) is 6.07 Å². The van der Waals surface area contributed by atoms with Crippen molar-refractivity contribution in [2.75, 3.05) is 6.54 Å². The summed E-state index contributed by atoms with van der Waals surface area (Å²) in [4.78, 5) is 0. The first-order valence-corrected chi connectivity index (χ1v) is 4.66. The second-order valence-electron chi connectivity index (χ2n) is 3.60. The largest absolute Gasteiger partial charge is 0.309 e. The molecule has 0 spiro atoms. The lowest BCUT2D eigenvalue weighted by molar-refractivity contribution is 0.173. The monoisotopic (exact) mass is 199 g/mol. The number of alkyl halides is 1. The third-order valence-electron chi connectivity index (χ3n) is 2.41. The van der Waals surface area contributed by atoms with Crippen LogP contribution < -0.4 is 5.32 Å². The Bertz CT molecular complexity index is 336. The van der Waals surface area contributed by atoms with Crippen LogP contribution in [0.2, 0.25) is 5.02 Å². The molecular formula is C10H11ClFN. The van der Waals surface area contributed by atoms with Crippen LogP contribution in [0.15, 0.2) is 18.2 Å². The highest BCUT2D eigenvalue weighted by Gasteiger charge is 2.31. The van der Waals surface area contributed by atoms with Crippen molar-refractivity contribution in [3.8, 4) is 0 Å². The first kappa shape index (κ1) is 8.97. The molecule has 0 aliphatic carbocycles. The topological polar surface area (TPSA) is 12.0 Å². The van der Waals surface area contributed by atoms with Crippen LogP contribution in [0, 0.1) is 0 Å². The summed E-state index contributed by atoms with van der Waals surface area (Å²) in [5.74, 6) is 0. The molecule has 1 atom stereocenters. The fraction of sp³-hybridized carbons (Fsp3) is 0.400. The first-order valence-electron chi connectivity index (χ1n) is 4.28. The quantitative estimate of drug-likeness (QED) is 0.678.